The lowest BCUT2D eigenvalue weighted by Gasteiger charge is -2.25. The van der Waals surface area contributed by atoms with E-state index < -0.39 is 5.97 Å². The summed E-state index contributed by atoms with van der Waals surface area (Å²) in [6, 6.07) is 4.79. The van der Waals surface area contributed by atoms with Crippen LogP contribution in [0.2, 0.25) is 0 Å². The summed E-state index contributed by atoms with van der Waals surface area (Å²) < 4.78 is 5.31. The summed E-state index contributed by atoms with van der Waals surface area (Å²) >= 11 is 0. The minimum absolute atomic E-state index is 0.0840. The van der Waals surface area contributed by atoms with Crippen molar-refractivity contribution in [1.82, 2.24) is 4.90 Å². The molecule has 7 heteroatoms. The molecule has 0 aliphatic carbocycles. The van der Waals surface area contributed by atoms with E-state index in [1.165, 1.54) is 4.90 Å². The van der Waals surface area contributed by atoms with E-state index in [2.05, 4.69) is 5.32 Å². The number of hydrogen-bond acceptors (Lipinski definition) is 4. The number of fused-ring (bicyclic) bond motifs is 1. The second-order valence-corrected chi connectivity index (χ2v) is 5.84. The van der Waals surface area contributed by atoms with Crippen molar-refractivity contribution in [2.24, 2.45) is 5.92 Å². The van der Waals surface area contributed by atoms with Crippen LogP contribution in [0.25, 0.3) is 0 Å². The molecule has 0 spiro atoms. The van der Waals surface area contributed by atoms with Crippen LogP contribution >= 0.6 is 0 Å². The lowest BCUT2D eigenvalue weighted by Crippen LogP contribution is -2.36. The van der Waals surface area contributed by atoms with Gasteiger partial charge in [-0.15, -0.1) is 0 Å². The molecular formula is C16H20N2O5. The summed E-state index contributed by atoms with van der Waals surface area (Å²) in [6.07, 6.45) is -0.101. The van der Waals surface area contributed by atoms with E-state index in [1.54, 1.807) is 18.2 Å². The van der Waals surface area contributed by atoms with Crippen LogP contribution in [0.15, 0.2) is 18.2 Å². The molecule has 0 unspecified atom stereocenters. The lowest BCUT2D eigenvalue weighted by atomic mass is 10.1. The van der Waals surface area contributed by atoms with Crippen molar-refractivity contribution in [2.45, 2.75) is 20.3 Å². The lowest BCUT2D eigenvalue weighted by molar-refractivity contribution is -0.137. The summed E-state index contributed by atoms with van der Waals surface area (Å²) in [7, 11) is 0. The van der Waals surface area contributed by atoms with Gasteiger partial charge in [-0.05, 0) is 24.1 Å². The van der Waals surface area contributed by atoms with Crippen LogP contribution in [0.5, 0.6) is 5.75 Å². The maximum absolute atomic E-state index is 12.6. The molecule has 0 aromatic heterocycles. The van der Waals surface area contributed by atoms with E-state index in [1.807, 2.05) is 13.8 Å². The number of carboxylic acid groups (broad SMARTS) is 1. The van der Waals surface area contributed by atoms with Crippen molar-refractivity contribution in [3.05, 3.63) is 23.8 Å². The molecule has 0 saturated heterocycles. The van der Waals surface area contributed by atoms with Gasteiger partial charge in [0.05, 0.1) is 12.1 Å². The van der Waals surface area contributed by atoms with Gasteiger partial charge in [0.15, 0.2) is 6.61 Å². The Morgan fingerprint density at radius 2 is 2.13 bits per heavy atom. The van der Waals surface area contributed by atoms with Crippen molar-refractivity contribution in [3.8, 4) is 5.75 Å². The average Bonchev–Trinajstić information content (AvgIpc) is 2.49. The van der Waals surface area contributed by atoms with E-state index in [0.29, 0.717) is 23.5 Å². The highest BCUT2D eigenvalue weighted by Gasteiger charge is 2.21. The summed E-state index contributed by atoms with van der Waals surface area (Å²) in [5, 5.41) is 11.5. The molecule has 0 bridgehead atoms. The van der Waals surface area contributed by atoms with Crippen LogP contribution in [0.1, 0.15) is 30.6 Å². The molecule has 23 heavy (non-hydrogen) atoms. The van der Waals surface area contributed by atoms with Crippen LogP contribution in [0, 0.1) is 5.92 Å². The molecule has 0 radical (unpaired) electrons. The fourth-order valence-corrected chi connectivity index (χ4v) is 2.34. The summed E-state index contributed by atoms with van der Waals surface area (Å²) in [6.45, 7) is 4.47. The molecule has 1 heterocycles. The van der Waals surface area contributed by atoms with Gasteiger partial charge < -0.3 is 20.1 Å². The van der Waals surface area contributed by atoms with Gasteiger partial charge in [0.25, 0.3) is 11.8 Å². The van der Waals surface area contributed by atoms with Crippen molar-refractivity contribution < 1.29 is 24.2 Å². The van der Waals surface area contributed by atoms with Gasteiger partial charge in [0.2, 0.25) is 0 Å². The first-order valence-corrected chi connectivity index (χ1v) is 7.44. The topological polar surface area (TPSA) is 95.9 Å². The number of amides is 2. The zero-order valence-electron chi connectivity index (χ0n) is 13.2. The second-order valence-electron chi connectivity index (χ2n) is 5.84. The van der Waals surface area contributed by atoms with E-state index >= 15 is 0 Å². The molecule has 1 aliphatic rings. The Morgan fingerprint density at radius 3 is 2.78 bits per heavy atom. The summed E-state index contributed by atoms with van der Waals surface area (Å²) in [5.41, 5.74) is 0.935. The quantitative estimate of drug-likeness (QED) is 0.830. The zero-order valence-corrected chi connectivity index (χ0v) is 13.2. The molecule has 0 atom stereocenters. The first-order valence-electron chi connectivity index (χ1n) is 7.44. The predicted octanol–water partition coefficient (Wildman–Crippen LogP) is 1.59. The normalized spacial score (nSPS) is 13.1. The van der Waals surface area contributed by atoms with E-state index in [9.17, 15) is 14.4 Å². The monoisotopic (exact) mass is 320 g/mol. The fraction of sp³-hybridized carbons (Fsp3) is 0.438. The zero-order chi connectivity index (χ0) is 17.0. The van der Waals surface area contributed by atoms with Crippen LogP contribution in [-0.2, 0) is 9.59 Å². The van der Waals surface area contributed by atoms with Crippen molar-refractivity contribution in [1.29, 1.82) is 0 Å². The van der Waals surface area contributed by atoms with Crippen LogP contribution in [0.4, 0.5) is 5.69 Å². The van der Waals surface area contributed by atoms with Gasteiger partial charge in [-0.1, -0.05) is 13.8 Å². The number of carbonyl (C=O) groups excluding carboxylic acids is 2. The van der Waals surface area contributed by atoms with Crippen LogP contribution in [-0.4, -0.2) is 47.5 Å². The molecule has 0 fully saturated rings. The molecule has 1 aromatic rings. The number of carboxylic acids is 1. The maximum Gasteiger partial charge on any atom is 0.305 e. The molecular weight excluding hydrogens is 300 g/mol. The average molecular weight is 320 g/mol. The molecule has 1 aromatic carbocycles. The largest absolute Gasteiger partial charge is 0.482 e. The van der Waals surface area contributed by atoms with E-state index in [-0.39, 0.29) is 37.3 Å². The molecule has 2 N–H and O–H groups in total. The molecule has 7 nitrogen and oxygen atoms in total. The standard InChI is InChI=1S/C16H20N2O5/c1-10(2)8-18(6-5-15(20)21)16(22)11-3-4-12-13(7-11)23-9-14(19)17-12/h3-4,7,10H,5-6,8-9H2,1-2H3,(H,17,19)(H,20,21). The number of nitrogens with one attached hydrogen (secondary N) is 1. The second kappa shape index (κ2) is 7.13. The molecule has 2 amide bonds. The Balaban J connectivity index is 2.18. The van der Waals surface area contributed by atoms with E-state index in [0.717, 1.165) is 0 Å². The molecule has 0 saturated carbocycles. The number of hydrogen-bond donors (Lipinski definition) is 2. The van der Waals surface area contributed by atoms with Crippen LogP contribution in [0.3, 0.4) is 0 Å². The minimum Gasteiger partial charge on any atom is -0.482 e. The first-order chi connectivity index (χ1) is 10.9. The molecule has 2 rings (SSSR count). The Labute approximate surface area is 134 Å². The maximum atomic E-state index is 12.6. The van der Waals surface area contributed by atoms with Gasteiger partial charge in [-0.25, -0.2) is 0 Å². The Hall–Kier alpha value is -2.57. The number of rotatable bonds is 6. The summed E-state index contributed by atoms with van der Waals surface area (Å²) in [5.74, 6) is -0.759. The number of nitrogens with zero attached hydrogens (tertiary/aromatic N) is 1. The van der Waals surface area contributed by atoms with Crippen LogP contribution < -0.4 is 10.1 Å². The number of benzene rings is 1. The predicted molar refractivity (Wildman–Crippen MR) is 83.6 cm³/mol. The number of ether oxygens (including phenoxy) is 1. The van der Waals surface area contributed by atoms with Gasteiger partial charge >= 0.3 is 5.97 Å². The number of aliphatic carboxylic acids is 1. The van der Waals surface area contributed by atoms with E-state index in [4.69, 9.17) is 9.84 Å². The van der Waals surface area contributed by atoms with Gasteiger partial charge in [0.1, 0.15) is 5.75 Å². The highest BCUT2D eigenvalue weighted by Crippen LogP contribution is 2.29. The first kappa shape index (κ1) is 16.8. The third-order valence-corrected chi connectivity index (χ3v) is 3.33. The van der Waals surface area contributed by atoms with Crippen molar-refractivity contribution in [2.75, 3.05) is 25.0 Å². The third kappa shape index (κ3) is 4.45. The molecule has 1 aliphatic heterocycles. The van der Waals surface area contributed by atoms with Gasteiger partial charge in [0, 0.05) is 18.7 Å². The fourth-order valence-electron chi connectivity index (χ4n) is 2.34. The number of carbonyl (C=O) groups is 3. The molecule has 124 valence electrons. The SMILES string of the molecule is CC(C)CN(CCC(=O)O)C(=O)c1ccc2c(c1)OCC(=O)N2. The Kier molecular flexibility index (Phi) is 5.20. The smallest absolute Gasteiger partial charge is 0.305 e. The Morgan fingerprint density at radius 1 is 1.39 bits per heavy atom. The highest BCUT2D eigenvalue weighted by atomic mass is 16.5. The summed E-state index contributed by atoms with van der Waals surface area (Å²) in [4.78, 5) is 36.2. The van der Waals surface area contributed by atoms with Crippen molar-refractivity contribution in [3.63, 3.8) is 0 Å². The van der Waals surface area contributed by atoms with Gasteiger partial charge in [-0.3, -0.25) is 14.4 Å². The number of anilines is 1. The highest BCUT2D eigenvalue weighted by molar-refractivity contribution is 5.99. The Bertz CT molecular complexity index is 627. The van der Waals surface area contributed by atoms with Gasteiger partial charge in [-0.2, -0.15) is 0 Å². The third-order valence-electron chi connectivity index (χ3n) is 3.33. The minimum atomic E-state index is -0.942. The van der Waals surface area contributed by atoms with Crippen molar-refractivity contribution >= 4 is 23.5 Å².